The van der Waals surface area contributed by atoms with Crippen molar-refractivity contribution in [2.24, 2.45) is 0 Å². The molecule has 0 unspecified atom stereocenters. The molecule has 0 amide bonds. The molecule has 1 N–H and O–H groups in total. The van der Waals surface area contributed by atoms with Crippen LogP contribution in [0, 0.1) is 0 Å². The van der Waals surface area contributed by atoms with E-state index in [0.29, 0.717) is 6.04 Å². The predicted octanol–water partition coefficient (Wildman–Crippen LogP) is 4.65. The lowest BCUT2D eigenvalue weighted by Gasteiger charge is -2.21. The Hall–Kier alpha value is -1.48. The van der Waals surface area contributed by atoms with E-state index in [0.717, 1.165) is 22.9 Å². The first kappa shape index (κ1) is 13.5. The van der Waals surface area contributed by atoms with E-state index in [1.165, 1.54) is 32.1 Å². The fourth-order valence-corrected chi connectivity index (χ4v) is 3.00. The van der Waals surface area contributed by atoms with Crippen LogP contribution >= 0.6 is 11.6 Å². The van der Waals surface area contributed by atoms with Gasteiger partial charge >= 0.3 is 0 Å². The Kier molecular flexibility index (Phi) is 4.26. The molecule has 0 radical (unpaired) electrons. The lowest BCUT2D eigenvalue weighted by molar-refractivity contribution is 0.328. The lowest BCUT2D eigenvalue weighted by Crippen LogP contribution is -2.13. The number of hydrogen-bond acceptors (Lipinski definition) is 2. The van der Waals surface area contributed by atoms with Crippen LogP contribution in [0.2, 0.25) is 5.02 Å². The second-order valence-electron chi connectivity index (χ2n) is 5.44. The zero-order valence-electron chi connectivity index (χ0n) is 11.6. The molecule has 106 valence electrons. The highest BCUT2D eigenvalue weighted by atomic mass is 35.5. The Balaban J connectivity index is 1.59. The molecule has 1 heterocycles. The van der Waals surface area contributed by atoms with Crippen LogP contribution in [0.15, 0.2) is 36.5 Å². The summed E-state index contributed by atoms with van der Waals surface area (Å²) in [6.07, 6.45) is 8.69. The summed E-state index contributed by atoms with van der Waals surface area (Å²) in [7, 11) is 0. The Bertz CT molecular complexity index is 558. The first-order chi connectivity index (χ1) is 9.81. The van der Waals surface area contributed by atoms with E-state index in [9.17, 15) is 0 Å². The van der Waals surface area contributed by atoms with Gasteiger partial charge in [0.1, 0.15) is 0 Å². The highest BCUT2D eigenvalue weighted by Crippen LogP contribution is 2.27. The third kappa shape index (κ3) is 3.34. The van der Waals surface area contributed by atoms with Gasteiger partial charge in [0.05, 0.1) is 18.3 Å². The summed E-state index contributed by atoms with van der Waals surface area (Å²) in [5.74, 6) is 0. The van der Waals surface area contributed by atoms with Crippen molar-refractivity contribution in [3.8, 4) is 0 Å². The summed E-state index contributed by atoms with van der Waals surface area (Å²) in [6.45, 7) is 0.736. The van der Waals surface area contributed by atoms with Gasteiger partial charge in [-0.05, 0) is 37.1 Å². The zero-order valence-corrected chi connectivity index (χ0v) is 12.3. The normalized spacial score (nSPS) is 16.2. The minimum absolute atomic E-state index is 0.601. The van der Waals surface area contributed by atoms with E-state index in [1.807, 2.05) is 24.3 Å². The molecular weight excluding hydrogens is 270 g/mol. The van der Waals surface area contributed by atoms with Crippen molar-refractivity contribution in [2.75, 3.05) is 5.32 Å². The van der Waals surface area contributed by atoms with Gasteiger partial charge in [0.2, 0.25) is 0 Å². The van der Waals surface area contributed by atoms with Gasteiger partial charge in [0.15, 0.2) is 0 Å². The average molecular weight is 290 g/mol. The van der Waals surface area contributed by atoms with Crippen LogP contribution in [-0.2, 0) is 6.54 Å². The number of aromatic nitrogens is 2. The molecule has 3 nitrogen and oxygen atoms in total. The molecule has 0 bridgehead atoms. The third-order valence-electron chi connectivity index (χ3n) is 3.91. The molecule has 3 rings (SSSR count). The Labute approximate surface area is 124 Å². The Morgan fingerprint density at radius 2 is 2.05 bits per heavy atom. The van der Waals surface area contributed by atoms with Gasteiger partial charge in [0, 0.05) is 16.9 Å². The van der Waals surface area contributed by atoms with Gasteiger partial charge in [-0.2, -0.15) is 5.10 Å². The van der Waals surface area contributed by atoms with E-state index >= 15 is 0 Å². The second kappa shape index (κ2) is 6.31. The third-order valence-corrected chi connectivity index (χ3v) is 4.15. The molecule has 4 heteroatoms. The number of benzene rings is 1. The Morgan fingerprint density at radius 1 is 1.20 bits per heavy atom. The monoisotopic (exact) mass is 289 g/mol. The van der Waals surface area contributed by atoms with Crippen LogP contribution in [0.4, 0.5) is 5.69 Å². The molecule has 1 saturated carbocycles. The number of hydrogen-bond donors (Lipinski definition) is 1. The number of nitrogens with one attached hydrogen (secondary N) is 1. The first-order valence-electron chi connectivity index (χ1n) is 7.35. The average Bonchev–Trinajstić information content (AvgIpc) is 2.95. The minimum atomic E-state index is 0.601. The van der Waals surface area contributed by atoms with Crippen molar-refractivity contribution in [2.45, 2.75) is 44.7 Å². The highest BCUT2D eigenvalue weighted by molar-refractivity contribution is 6.30. The van der Waals surface area contributed by atoms with Crippen LogP contribution in [0.3, 0.4) is 0 Å². The smallest absolute Gasteiger partial charge is 0.0815 e. The van der Waals surface area contributed by atoms with Crippen LogP contribution < -0.4 is 5.32 Å². The maximum Gasteiger partial charge on any atom is 0.0815 e. The molecule has 0 atom stereocenters. The van der Waals surface area contributed by atoms with E-state index < -0.39 is 0 Å². The molecule has 0 spiro atoms. The quantitative estimate of drug-likeness (QED) is 0.887. The van der Waals surface area contributed by atoms with Gasteiger partial charge in [-0.1, -0.05) is 36.9 Å². The molecule has 0 saturated heterocycles. The van der Waals surface area contributed by atoms with Crippen molar-refractivity contribution >= 4 is 17.3 Å². The van der Waals surface area contributed by atoms with Gasteiger partial charge in [-0.3, -0.25) is 4.68 Å². The standard InChI is InChI=1S/C16H20ClN3/c17-13-5-4-6-14(11-13)18-12-15-9-10-20(19-15)16-7-2-1-3-8-16/h4-6,9-11,16,18H,1-3,7-8,12H2. The van der Waals surface area contributed by atoms with Crippen LogP contribution in [0.1, 0.15) is 43.8 Å². The fraction of sp³-hybridized carbons (Fsp3) is 0.438. The van der Waals surface area contributed by atoms with Crippen LogP contribution in [0.25, 0.3) is 0 Å². The molecule has 1 aliphatic carbocycles. The SMILES string of the molecule is Clc1cccc(NCc2ccn(C3CCCCC3)n2)c1. The van der Waals surface area contributed by atoms with Gasteiger partial charge in [-0.15, -0.1) is 0 Å². The fourth-order valence-electron chi connectivity index (χ4n) is 2.81. The molecule has 2 aromatic rings. The number of nitrogens with zero attached hydrogens (tertiary/aromatic N) is 2. The number of halogens is 1. The molecule has 0 aliphatic heterocycles. The van der Waals surface area contributed by atoms with Crippen molar-refractivity contribution < 1.29 is 0 Å². The highest BCUT2D eigenvalue weighted by Gasteiger charge is 2.15. The molecule has 20 heavy (non-hydrogen) atoms. The number of anilines is 1. The van der Waals surface area contributed by atoms with E-state index in [2.05, 4.69) is 22.3 Å². The molecule has 1 aliphatic rings. The first-order valence-corrected chi connectivity index (χ1v) is 7.72. The lowest BCUT2D eigenvalue weighted by atomic mass is 9.96. The molecular formula is C16H20ClN3. The molecule has 1 aromatic carbocycles. The molecule has 1 fully saturated rings. The summed E-state index contributed by atoms with van der Waals surface area (Å²) in [4.78, 5) is 0. The van der Waals surface area contributed by atoms with Crippen molar-refractivity contribution in [1.82, 2.24) is 9.78 Å². The summed E-state index contributed by atoms with van der Waals surface area (Å²) in [6, 6.07) is 10.5. The minimum Gasteiger partial charge on any atom is -0.379 e. The summed E-state index contributed by atoms with van der Waals surface area (Å²) >= 11 is 5.97. The van der Waals surface area contributed by atoms with Crippen molar-refractivity contribution in [3.63, 3.8) is 0 Å². The maximum atomic E-state index is 5.97. The largest absolute Gasteiger partial charge is 0.379 e. The van der Waals surface area contributed by atoms with Crippen LogP contribution in [0.5, 0.6) is 0 Å². The van der Waals surface area contributed by atoms with Gasteiger partial charge < -0.3 is 5.32 Å². The topological polar surface area (TPSA) is 29.9 Å². The second-order valence-corrected chi connectivity index (χ2v) is 5.88. The number of rotatable bonds is 4. The predicted molar refractivity (Wildman–Crippen MR) is 83.1 cm³/mol. The zero-order chi connectivity index (χ0) is 13.8. The summed E-state index contributed by atoms with van der Waals surface area (Å²) < 4.78 is 2.15. The van der Waals surface area contributed by atoms with Crippen molar-refractivity contribution in [3.05, 3.63) is 47.2 Å². The van der Waals surface area contributed by atoms with E-state index in [1.54, 1.807) is 0 Å². The van der Waals surface area contributed by atoms with Gasteiger partial charge in [0.25, 0.3) is 0 Å². The maximum absolute atomic E-state index is 5.97. The summed E-state index contributed by atoms with van der Waals surface area (Å²) in [5.41, 5.74) is 2.11. The van der Waals surface area contributed by atoms with Gasteiger partial charge in [-0.25, -0.2) is 0 Å². The molecule has 1 aromatic heterocycles. The van der Waals surface area contributed by atoms with E-state index in [4.69, 9.17) is 16.7 Å². The summed E-state index contributed by atoms with van der Waals surface area (Å²) in [5, 5.41) is 8.80. The Morgan fingerprint density at radius 3 is 2.85 bits per heavy atom. The van der Waals surface area contributed by atoms with Crippen LogP contribution in [-0.4, -0.2) is 9.78 Å². The van der Waals surface area contributed by atoms with E-state index in [-0.39, 0.29) is 0 Å². The van der Waals surface area contributed by atoms with Crippen molar-refractivity contribution in [1.29, 1.82) is 0 Å².